The molecule has 2 aliphatic rings. The molecule has 1 heterocycles. The molecule has 4 nitrogen and oxygen atoms in total. The first-order valence-electron chi connectivity index (χ1n) is 8.82. The second-order valence-corrected chi connectivity index (χ2v) is 6.71. The van der Waals surface area contributed by atoms with Gasteiger partial charge in [-0.1, -0.05) is 37.3 Å². The van der Waals surface area contributed by atoms with Crippen molar-refractivity contribution in [3.8, 4) is 0 Å². The average molecular weight is 314 g/mol. The third kappa shape index (κ3) is 3.74. The number of nitrogens with one attached hydrogen (secondary N) is 1. The van der Waals surface area contributed by atoms with Gasteiger partial charge in [0.2, 0.25) is 11.8 Å². The fourth-order valence-corrected chi connectivity index (χ4v) is 3.70. The average Bonchev–Trinajstić information content (AvgIpc) is 3.33. The molecule has 0 unspecified atom stereocenters. The van der Waals surface area contributed by atoms with E-state index in [4.69, 9.17) is 0 Å². The van der Waals surface area contributed by atoms with E-state index in [1.54, 1.807) is 0 Å². The number of carbonyl (C=O) groups is 2. The molecule has 23 heavy (non-hydrogen) atoms. The lowest BCUT2D eigenvalue weighted by atomic mass is 9.87. The molecule has 2 fully saturated rings. The molecule has 1 aromatic carbocycles. The SMILES string of the molecule is CC[C@H](c1ccccc1)[C@@H]1CCCN1C(=O)CNC(=O)C1CC1. The summed E-state index contributed by atoms with van der Waals surface area (Å²) in [5.74, 6) is 0.645. The molecule has 3 rings (SSSR count). The highest BCUT2D eigenvalue weighted by molar-refractivity contribution is 5.87. The van der Waals surface area contributed by atoms with E-state index in [1.807, 2.05) is 11.0 Å². The van der Waals surface area contributed by atoms with Crippen LogP contribution in [0.4, 0.5) is 0 Å². The lowest BCUT2D eigenvalue weighted by molar-refractivity contribution is -0.134. The van der Waals surface area contributed by atoms with Crippen molar-refractivity contribution in [2.24, 2.45) is 5.92 Å². The Hall–Kier alpha value is -1.84. The number of hydrogen-bond donors (Lipinski definition) is 1. The van der Waals surface area contributed by atoms with Gasteiger partial charge in [0.05, 0.1) is 6.54 Å². The van der Waals surface area contributed by atoms with Crippen LogP contribution in [0.25, 0.3) is 0 Å². The third-order valence-electron chi connectivity index (χ3n) is 5.11. The van der Waals surface area contributed by atoms with Gasteiger partial charge in [-0.3, -0.25) is 9.59 Å². The van der Waals surface area contributed by atoms with Gasteiger partial charge < -0.3 is 10.2 Å². The molecule has 1 aliphatic heterocycles. The first-order valence-corrected chi connectivity index (χ1v) is 8.82. The standard InChI is InChI=1S/C19H26N2O2/c1-2-16(14-7-4-3-5-8-14)17-9-6-12-21(17)18(22)13-20-19(23)15-10-11-15/h3-5,7-8,15-17H,2,6,9-13H2,1H3,(H,20,23)/t16-,17+/m1/s1. The van der Waals surface area contributed by atoms with E-state index >= 15 is 0 Å². The Morgan fingerprint density at radius 3 is 2.61 bits per heavy atom. The minimum absolute atomic E-state index is 0.0456. The summed E-state index contributed by atoms with van der Waals surface area (Å²) in [6.45, 7) is 3.15. The molecule has 1 N–H and O–H groups in total. The zero-order chi connectivity index (χ0) is 16.2. The minimum Gasteiger partial charge on any atom is -0.347 e. The lowest BCUT2D eigenvalue weighted by Gasteiger charge is -2.31. The Morgan fingerprint density at radius 2 is 1.96 bits per heavy atom. The van der Waals surface area contributed by atoms with Crippen LogP contribution >= 0.6 is 0 Å². The molecule has 4 heteroatoms. The van der Waals surface area contributed by atoms with E-state index in [0.717, 1.165) is 38.6 Å². The van der Waals surface area contributed by atoms with Gasteiger partial charge in [-0.15, -0.1) is 0 Å². The molecule has 0 radical (unpaired) electrons. The van der Waals surface area contributed by atoms with Crippen LogP contribution in [0, 0.1) is 5.92 Å². The summed E-state index contributed by atoms with van der Waals surface area (Å²) in [6.07, 6.45) is 5.06. The van der Waals surface area contributed by atoms with Gasteiger partial charge in [0, 0.05) is 24.4 Å². The Balaban J connectivity index is 1.63. The molecule has 1 aliphatic carbocycles. The Labute approximate surface area is 138 Å². The molecule has 0 spiro atoms. The summed E-state index contributed by atoms with van der Waals surface area (Å²) in [5.41, 5.74) is 1.31. The Morgan fingerprint density at radius 1 is 1.22 bits per heavy atom. The van der Waals surface area contributed by atoms with Crippen molar-refractivity contribution in [2.75, 3.05) is 13.1 Å². The Bertz CT molecular complexity index is 554. The van der Waals surface area contributed by atoms with Crippen LogP contribution < -0.4 is 5.32 Å². The normalized spacial score (nSPS) is 22.0. The van der Waals surface area contributed by atoms with Gasteiger partial charge in [0.25, 0.3) is 0 Å². The van der Waals surface area contributed by atoms with Crippen molar-refractivity contribution < 1.29 is 9.59 Å². The van der Waals surface area contributed by atoms with Crippen molar-refractivity contribution in [1.29, 1.82) is 0 Å². The number of rotatable bonds is 6. The highest BCUT2D eigenvalue weighted by Gasteiger charge is 2.35. The molecular weight excluding hydrogens is 288 g/mol. The summed E-state index contributed by atoms with van der Waals surface area (Å²) in [6, 6.07) is 10.7. The fraction of sp³-hybridized carbons (Fsp3) is 0.579. The summed E-state index contributed by atoms with van der Waals surface area (Å²) >= 11 is 0. The third-order valence-corrected chi connectivity index (χ3v) is 5.11. The molecule has 124 valence electrons. The molecule has 2 amide bonds. The van der Waals surface area contributed by atoms with Crippen LogP contribution in [0.2, 0.25) is 0 Å². The van der Waals surface area contributed by atoms with Gasteiger partial charge >= 0.3 is 0 Å². The fourth-order valence-electron chi connectivity index (χ4n) is 3.70. The van der Waals surface area contributed by atoms with Crippen LogP contribution in [0.15, 0.2) is 30.3 Å². The molecular formula is C19H26N2O2. The largest absolute Gasteiger partial charge is 0.347 e. The first kappa shape index (κ1) is 16.0. The zero-order valence-electron chi connectivity index (χ0n) is 13.8. The van der Waals surface area contributed by atoms with Crippen molar-refractivity contribution in [1.82, 2.24) is 10.2 Å². The summed E-state index contributed by atoms with van der Waals surface area (Å²) in [4.78, 5) is 26.3. The number of hydrogen-bond acceptors (Lipinski definition) is 2. The van der Waals surface area contributed by atoms with Gasteiger partial charge in [0.1, 0.15) is 0 Å². The van der Waals surface area contributed by atoms with Crippen LogP contribution in [-0.2, 0) is 9.59 Å². The molecule has 1 aromatic rings. The maximum Gasteiger partial charge on any atom is 0.242 e. The highest BCUT2D eigenvalue weighted by atomic mass is 16.2. The van der Waals surface area contributed by atoms with Crippen LogP contribution in [-0.4, -0.2) is 35.8 Å². The summed E-state index contributed by atoms with van der Waals surface area (Å²) in [7, 11) is 0. The van der Waals surface area contributed by atoms with E-state index in [2.05, 4.69) is 36.5 Å². The van der Waals surface area contributed by atoms with Crippen molar-refractivity contribution in [2.45, 2.75) is 51.0 Å². The van der Waals surface area contributed by atoms with E-state index in [0.29, 0.717) is 5.92 Å². The summed E-state index contributed by atoms with van der Waals surface area (Å²) < 4.78 is 0. The number of nitrogens with zero attached hydrogens (tertiary/aromatic N) is 1. The molecule has 0 aromatic heterocycles. The van der Waals surface area contributed by atoms with Gasteiger partial charge in [0.15, 0.2) is 0 Å². The van der Waals surface area contributed by atoms with E-state index in [-0.39, 0.29) is 30.3 Å². The second kappa shape index (κ2) is 7.16. The number of likely N-dealkylation sites (tertiary alicyclic amines) is 1. The first-order chi connectivity index (χ1) is 11.2. The predicted molar refractivity (Wildman–Crippen MR) is 89.9 cm³/mol. The second-order valence-electron chi connectivity index (χ2n) is 6.71. The number of amides is 2. The van der Waals surface area contributed by atoms with E-state index in [1.165, 1.54) is 5.56 Å². The highest BCUT2D eigenvalue weighted by Crippen LogP contribution is 2.33. The van der Waals surface area contributed by atoms with Gasteiger partial charge in [-0.2, -0.15) is 0 Å². The van der Waals surface area contributed by atoms with Crippen molar-refractivity contribution >= 4 is 11.8 Å². The number of carbonyl (C=O) groups excluding carboxylic acids is 2. The van der Waals surface area contributed by atoms with Gasteiger partial charge in [-0.05, 0) is 37.7 Å². The van der Waals surface area contributed by atoms with E-state index in [9.17, 15) is 9.59 Å². The van der Waals surface area contributed by atoms with Crippen molar-refractivity contribution in [3.05, 3.63) is 35.9 Å². The maximum atomic E-state index is 12.6. The molecule has 1 saturated heterocycles. The summed E-state index contributed by atoms with van der Waals surface area (Å²) in [5, 5.41) is 2.81. The topological polar surface area (TPSA) is 49.4 Å². The quantitative estimate of drug-likeness (QED) is 0.877. The Kier molecular flexibility index (Phi) is 4.99. The number of benzene rings is 1. The molecule has 2 atom stereocenters. The maximum absolute atomic E-state index is 12.6. The van der Waals surface area contributed by atoms with Crippen LogP contribution in [0.5, 0.6) is 0 Å². The van der Waals surface area contributed by atoms with Crippen molar-refractivity contribution in [3.63, 3.8) is 0 Å². The smallest absolute Gasteiger partial charge is 0.242 e. The van der Waals surface area contributed by atoms with Gasteiger partial charge in [-0.25, -0.2) is 0 Å². The van der Waals surface area contributed by atoms with Crippen LogP contribution in [0.3, 0.4) is 0 Å². The monoisotopic (exact) mass is 314 g/mol. The van der Waals surface area contributed by atoms with Crippen LogP contribution in [0.1, 0.15) is 50.5 Å². The molecule has 0 bridgehead atoms. The molecule has 1 saturated carbocycles. The zero-order valence-corrected chi connectivity index (χ0v) is 13.8. The lowest BCUT2D eigenvalue weighted by Crippen LogP contribution is -2.44. The minimum atomic E-state index is 0.0456. The van der Waals surface area contributed by atoms with E-state index < -0.39 is 0 Å². The predicted octanol–water partition coefficient (Wildman–Crippen LogP) is 2.70.